The number of ether oxygens (including phenoxy) is 2. The van der Waals surface area contributed by atoms with Crippen molar-refractivity contribution in [3.8, 4) is 22.6 Å². The highest BCUT2D eigenvalue weighted by atomic mass is 32.2. The van der Waals surface area contributed by atoms with Gasteiger partial charge in [-0.2, -0.15) is 21.6 Å². The van der Waals surface area contributed by atoms with Crippen molar-refractivity contribution in [3.05, 3.63) is 77.9 Å². The van der Waals surface area contributed by atoms with Crippen molar-refractivity contribution >= 4 is 15.7 Å². The zero-order valence-corrected chi connectivity index (χ0v) is 20.7. The quantitative estimate of drug-likeness (QED) is 0.313. The number of rotatable bonds is 7. The van der Waals surface area contributed by atoms with Gasteiger partial charge >= 0.3 is 21.9 Å². The zero-order chi connectivity index (χ0) is 27.6. The first-order valence-corrected chi connectivity index (χ1v) is 12.2. The standard InChI is InChI=1S/C25H23F6NO4S/c1-23(2,3)18-11-7-16(8-12-18)15-35-22-20(17-9-13-19(14-10-17)36-24(26,27)28)5-4-6-21(22)32-37(33,34)25(29,30)31/h4-14,32H,15H2,1-3H3. The molecule has 0 unspecified atom stereocenters. The van der Waals surface area contributed by atoms with Crippen molar-refractivity contribution in [2.24, 2.45) is 0 Å². The third kappa shape index (κ3) is 7.31. The molecular weight excluding hydrogens is 524 g/mol. The summed E-state index contributed by atoms with van der Waals surface area (Å²) in [5.74, 6) is -0.744. The van der Waals surface area contributed by atoms with Crippen LogP contribution in [0.1, 0.15) is 31.9 Å². The van der Waals surface area contributed by atoms with Gasteiger partial charge in [-0.05, 0) is 40.3 Å². The van der Waals surface area contributed by atoms with Gasteiger partial charge in [-0.15, -0.1) is 13.2 Å². The average Bonchev–Trinajstić information content (AvgIpc) is 2.76. The molecule has 0 aliphatic carbocycles. The van der Waals surface area contributed by atoms with Crippen LogP contribution in [0.5, 0.6) is 11.5 Å². The van der Waals surface area contributed by atoms with Crippen molar-refractivity contribution < 1.29 is 44.2 Å². The van der Waals surface area contributed by atoms with Gasteiger partial charge in [-0.25, -0.2) is 0 Å². The number of alkyl halides is 6. The summed E-state index contributed by atoms with van der Waals surface area (Å²) < 4.78 is 111. The Labute approximate surface area is 210 Å². The first kappa shape index (κ1) is 28.2. The molecule has 0 amide bonds. The molecule has 3 aromatic rings. The fraction of sp³-hybridized carbons (Fsp3) is 0.280. The molecule has 5 nitrogen and oxygen atoms in total. The van der Waals surface area contributed by atoms with Crippen LogP contribution in [-0.4, -0.2) is 20.3 Å². The van der Waals surface area contributed by atoms with Crippen LogP contribution in [0, 0.1) is 0 Å². The number of benzene rings is 3. The molecule has 200 valence electrons. The summed E-state index contributed by atoms with van der Waals surface area (Å²) in [6, 6.07) is 15.6. The molecule has 0 bridgehead atoms. The Kier molecular flexibility index (Phi) is 7.73. The Balaban J connectivity index is 2.00. The van der Waals surface area contributed by atoms with Gasteiger partial charge in [0.25, 0.3) is 0 Å². The molecule has 0 fully saturated rings. The SMILES string of the molecule is CC(C)(C)c1ccc(COc2c(NS(=O)(=O)C(F)(F)F)cccc2-c2ccc(OC(F)(F)F)cc2)cc1. The molecule has 0 radical (unpaired) electrons. The number of nitrogens with one attached hydrogen (secondary N) is 1. The van der Waals surface area contributed by atoms with Gasteiger partial charge in [-0.1, -0.05) is 69.3 Å². The molecule has 0 saturated heterocycles. The van der Waals surface area contributed by atoms with E-state index in [1.807, 2.05) is 32.9 Å². The molecule has 0 spiro atoms. The number of anilines is 1. The third-order valence-corrected chi connectivity index (χ3v) is 6.26. The summed E-state index contributed by atoms with van der Waals surface area (Å²) in [6.07, 6.45) is -4.91. The zero-order valence-electron chi connectivity index (χ0n) is 19.9. The summed E-state index contributed by atoms with van der Waals surface area (Å²) in [6.45, 7) is 5.95. The van der Waals surface area contributed by atoms with E-state index in [1.165, 1.54) is 29.0 Å². The molecule has 37 heavy (non-hydrogen) atoms. The summed E-state index contributed by atoms with van der Waals surface area (Å²) in [4.78, 5) is 0. The Hall–Kier alpha value is -3.41. The van der Waals surface area contributed by atoms with Crippen molar-refractivity contribution in [2.45, 2.75) is 44.7 Å². The molecule has 3 aromatic carbocycles. The van der Waals surface area contributed by atoms with Crippen LogP contribution in [0.2, 0.25) is 0 Å². The predicted octanol–water partition coefficient (Wildman–Crippen LogP) is 7.39. The van der Waals surface area contributed by atoms with E-state index in [0.29, 0.717) is 5.56 Å². The van der Waals surface area contributed by atoms with Crippen LogP contribution in [0.3, 0.4) is 0 Å². The first-order valence-electron chi connectivity index (χ1n) is 10.8. The normalized spacial score (nSPS) is 12.8. The van der Waals surface area contributed by atoms with Gasteiger partial charge in [0.05, 0.1) is 5.69 Å². The lowest BCUT2D eigenvalue weighted by Crippen LogP contribution is -2.30. The fourth-order valence-electron chi connectivity index (χ4n) is 3.30. The minimum Gasteiger partial charge on any atom is -0.486 e. The third-order valence-electron chi connectivity index (χ3n) is 5.17. The molecule has 0 aliphatic heterocycles. The maximum atomic E-state index is 13.0. The number of sulfonamides is 1. The van der Waals surface area contributed by atoms with Crippen molar-refractivity contribution in [1.82, 2.24) is 0 Å². The minimum atomic E-state index is -5.78. The Bertz CT molecular complexity index is 1330. The number of halogens is 6. The van der Waals surface area contributed by atoms with Crippen LogP contribution in [0.25, 0.3) is 11.1 Å². The molecule has 3 rings (SSSR count). The smallest absolute Gasteiger partial charge is 0.486 e. The van der Waals surface area contributed by atoms with E-state index in [1.54, 1.807) is 12.1 Å². The molecule has 0 saturated carbocycles. The summed E-state index contributed by atoms with van der Waals surface area (Å²) in [7, 11) is -5.78. The summed E-state index contributed by atoms with van der Waals surface area (Å²) >= 11 is 0. The number of hydrogen-bond acceptors (Lipinski definition) is 4. The topological polar surface area (TPSA) is 64.6 Å². The Morgan fingerprint density at radius 1 is 0.811 bits per heavy atom. The number of para-hydroxylation sites is 1. The van der Waals surface area contributed by atoms with Gasteiger partial charge in [0.15, 0.2) is 5.75 Å². The molecule has 0 heterocycles. The van der Waals surface area contributed by atoms with Gasteiger partial charge in [-0.3, -0.25) is 4.72 Å². The lowest BCUT2D eigenvalue weighted by Gasteiger charge is -2.20. The molecule has 0 atom stereocenters. The van der Waals surface area contributed by atoms with E-state index in [9.17, 15) is 34.8 Å². The summed E-state index contributed by atoms with van der Waals surface area (Å²) in [5.41, 5.74) is -4.10. The Morgan fingerprint density at radius 3 is 1.92 bits per heavy atom. The van der Waals surface area contributed by atoms with E-state index in [-0.39, 0.29) is 28.9 Å². The largest absolute Gasteiger partial charge is 0.573 e. The maximum Gasteiger partial charge on any atom is 0.573 e. The van der Waals surface area contributed by atoms with Crippen LogP contribution >= 0.6 is 0 Å². The van der Waals surface area contributed by atoms with E-state index in [2.05, 4.69) is 4.74 Å². The Morgan fingerprint density at radius 2 is 1.41 bits per heavy atom. The fourth-order valence-corrected chi connectivity index (χ4v) is 3.86. The highest BCUT2D eigenvalue weighted by Gasteiger charge is 2.46. The van der Waals surface area contributed by atoms with Crippen molar-refractivity contribution in [1.29, 1.82) is 0 Å². The molecule has 12 heteroatoms. The summed E-state index contributed by atoms with van der Waals surface area (Å²) in [5, 5.41) is 0. The van der Waals surface area contributed by atoms with Crippen LogP contribution in [-0.2, 0) is 22.0 Å². The van der Waals surface area contributed by atoms with Crippen LogP contribution < -0.4 is 14.2 Å². The van der Waals surface area contributed by atoms with Crippen LogP contribution in [0.15, 0.2) is 66.7 Å². The second-order valence-electron chi connectivity index (χ2n) is 9.04. The van der Waals surface area contributed by atoms with E-state index < -0.39 is 33.3 Å². The van der Waals surface area contributed by atoms with Crippen molar-refractivity contribution in [2.75, 3.05) is 4.72 Å². The molecular formula is C25H23F6NO4S. The predicted molar refractivity (Wildman–Crippen MR) is 127 cm³/mol. The second kappa shape index (κ2) is 10.2. The lowest BCUT2D eigenvalue weighted by atomic mass is 9.87. The molecule has 0 aliphatic rings. The molecule has 0 aromatic heterocycles. The van der Waals surface area contributed by atoms with Crippen molar-refractivity contribution in [3.63, 3.8) is 0 Å². The monoisotopic (exact) mass is 547 g/mol. The highest BCUT2D eigenvalue weighted by molar-refractivity contribution is 7.93. The second-order valence-corrected chi connectivity index (χ2v) is 10.7. The van der Waals surface area contributed by atoms with E-state index >= 15 is 0 Å². The lowest BCUT2D eigenvalue weighted by molar-refractivity contribution is -0.274. The van der Waals surface area contributed by atoms with Crippen LogP contribution in [0.4, 0.5) is 32.0 Å². The first-order chi connectivity index (χ1) is 17.0. The van der Waals surface area contributed by atoms with E-state index in [0.717, 1.165) is 23.8 Å². The van der Waals surface area contributed by atoms with E-state index in [4.69, 9.17) is 4.74 Å². The maximum absolute atomic E-state index is 13.0. The number of hydrogen-bond donors (Lipinski definition) is 1. The highest BCUT2D eigenvalue weighted by Crippen LogP contribution is 2.40. The van der Waals surface area contributed by atoms with Gasteiger partial charge in [0.2, 0.25) is 0 Å². The van der Waals surface area contributed by atoms with Gasteiger partial charge in [0.1, 0.15) is 12.4 Å². The average molecular weight is 548 g/mol. The van der Waals surface area contributed by atoms with Gasteiger partial charge < -0.3 is 9.47 Å². The molecule has 1 N–H and O–H groups in total. The minimum absolute atomic E-state index is 0.114. The van der Waals surface area contributed by atoms with Gasteiger partial charge in [0, 0.05) is 5.56 Å².